The van der Waals surface area contributed by atoms with Crippen molar-refractivity contribution >= 4 is 11.4 Å². The first-order valence-electron chi connectivity index (χ1n) is 5.05. The molecule has 0 saturated heterocycles. The highest BCUT2D eigenvalue weighted by Crippen LogP contribution is 2.30. The molecule has 9 heteroatoms. The summed E-state index contributed by atoms with van der Waals surface area (Å²) >= 11 is 0. The van der Waals surface area contributed by atoms with Gasteiger partial charge in [0, 0.05) is 30.8 Å². The zero-order valence-electron chi connectivity index (χ0n) is 9.68. The molecule has 0 saturated carbocycles. The number of hydrogen-bond acceptors (Lipinski definition) is 6. The van der Waals surface area contributed by atoms with Crippen LogP contribution in [0.2, 0.25) is 0 Å². The van der Waals surface area contributed by atoms with Crippen molar-refractivity contribution in [2.24, 2.45) is 7.05 Å². The number of benzene rings is 1. The van der Waals surface area contributed by atoms with E-state index in [0.717, 1.165) is 22.9 Å². The predicted octanol–water partition coefficient (Wildman–Crippen LogP) is 1.61. The van der Waals surface area contributed by atoms with Gasteiger partial charge in [-0.05, 0) is 0 Å². The van der Waals surface area contributed by atoms with Gasteiger partial charge in [-0.2, -0.15) is 5.10 Å². The molecule has 0 atom stereocenters. The Kier molecular flexibility index (Phi) is 2.87. The Morgan fingerprint density at radius 1 is 1.11 bits per heavy atom. The number of hydrogen-bond donors (Lipinski definition) is 1. The summed E-state index contributed by atoms with van der Waals surface area (Å²) in [6, 6.07) is 4.46. The molecule has 0 bridgehead atoms. The molecule has 1 N–H and O–H groups in total. The second-order valence-electron chi connectivity index (χ2n) is 3.76. The molecule has 0 aliphatic carbocycles. The quantitative estimate of drug-likeness (QED) is 0.663. The number of aromatic nitrogens is 2. The van der Waals surface area contributed by atoms with E-state index in [0.29, 0.717) is 0 Å². The molecule has 0 radical (unpaired) electrons. The number of nitrogens with zero attached hydrogens (tertiary/aromatic N) is 4. The molecule has 0 amide bonds. The highest BCUT2D eigenvalue weighted by Gasteiger charge is 2.18. The van der Waals surface area contributed by atoms with Gasteiger partial charge in [0.05, 0.1) is 21.6 Å². The lowest BCUT2D eigenvalue weighted by Gasteiger charge is -1.98. The summed E-state index contributed by atoms with van der Waals surface area (Å²) in [4.78, 5) is 20.0. The highest BCUT2D eigenvalue weighted by molar-refractivity contribution is 5.67. The van der Waals surface area contributed by atoms with Crippen LogP contribution in [-0.4, -0.2) is 24.7 Å². The summed E-state index contributed by atoms with van der Waals surface area (Å²) in [6.45, 7) is 0. The van der Waals surface area contributed by atoms with Crippen molar-refractivity contribution in [3.8, 4) is 17.1 Å². The van der Waals surface area contributed by atoms with Crippen LogP contribution in [0, 0.1) is 20.2 Å². The van der Waals surface area contributed by atoms with Gasteiger partial charge in [0.1, 0.15) is 0 Å². The Labute approximate surface area is 106 Å². The first kappa shape index (κ1) is 12.5. The molecule has 0 unspecified atom stereocenters. The normalized spacial score (nSPS) is 10.4. The molecule has 1 aromatic heterocycles. The fourth-order valence-corrected chi connectivity index (χ4v) is 1.55. The van der Waals surface area contributed by atoms with E-state index in [1.54, 1.807) is 0 Å². The van der Waals surface area contributed by atoms with Gasteiger partial charge in [0.25, 0.3) is 11.4 Å². The molecule has 98 valence electrons. The summed E-state index contributed by atoms with van der Waals surface area (Å²) in [7, 11) is 1.48. The second-order valence-corrected chi connectivity index (χ2v) is 3.76. The molecular formula is C10H8N4O5. The monoisotopic (exact) mass is 264 g/mol. The fraction of sp³-hybridized carbons (Fsp3) is 0.100. The zero-order valence-corrected chi connectivity index (χ0v) is 9.68. The van der Waals surface area contributed by atoms with Gasteiger partial charge in [-0.1, -0.05) is 0 Å². The van der Waals surface area contributed by atoms with Crippen molar-refractivity contribution in [2.75, 3.05) is 0 Å². The molecule has 2 rings (SSSR count). The van der Waals surface area contributed by atoms with Crippen LogP contribution in [0.1, 0.15) is 0 Å². The number of aromatic hydroxyl groups is 1. The number of nitro groups is 2. The van der Waals surface area contributed by atoms with Gasteiger partial charge >= 0.3 is 0 Å². The van der Waals surface area contributed by atoms with Crippen molar-refractivity contribution in [2.45, 2.75) is 0 Å². The van der Waals surface area contributed by atoms with Crippen molar-refractivity contribution in [1.82, 2.24) is 9.78 Å². The van der Waals surface area contributed by atoms with Crippen LogP contribution in [0.4, 0.5) is 11.4 Å². The van der Waals surface area contributed by atoms with Gasteiger partial charge < -0.3 is 5.11 Å². The maximum atomic E-state index is 10.7. The summed E-state index contributed by atoms with van der Waals surface area (Å²) in [5.74, 6) is -0.149. The van der Waals surface area contributed by atoms with Crippen LogP contribution in [0.5, 0.6) is 5.88 Å². The summed E-state index contributed by atoms with van der Waals surface area (Å²) in [6.07, 6.45) is 0. The topological polar surface area (TPSA) is 124 Å². The van der Waals surface area contributed by atoms with Crippen LogP contribution < -0.4 is 0 Å². The number of rotatable bonds is 3. The Morgan fingerprint density at radius 3 is 2.00 bits per heavy atom. The molecular weight excluding hydrogens is 256 g/mol. The van der Waals surface area contributed by atoms with Crippen molar-refractivity contribution in [1.29, 1.82) is 0 Å². The first-order chi connectivity index (χ1) is 8.88. The minimum atomic E-state index is -0.723. The number of aryl methyl sites for hydroxylation is 1. The van der Waals surface area contributed by atoms with Gasteiger partial charge in [0.15, 0.2) is 0 Å². The average Bonchev–Trinajstić information content (AvgIpc) is 2.69. The average molecular weight is 264 g/mol. The van der Waals surface area contributed by atoms with E-state index in [9.17, 15) is 25.3 Å². The van der Waals surface area contributed by atoms with E-state index in [4.69, 9.17) is 0 Å². The van der Waals surface area contributed by atoms with E-state index in [-0.39, 0.29) is 17.1 Å². The van der Waals surface area contributed by atoms with Crippen molar-refractivity contribution in [3.63, 3.8) is 0 Å². The molecule has 1 heterocycles. The second kappa shape index (κ2) is 4.37. The van der Waals surface area contributed by atoms with Crippen LogP contribution >= 0.6 is 0 Å². The SMILES string of the molecule is Cn1nc(-c2cc([N+](=O)[O-])cc([N+](=O)[O-])c2)cc1O. The van der Waals surface area contributed by atoms with Crippen molar-refractivity contribution < 1.29 is 15.0 Å². The summed E-state index contributed by atoms with van der Waals surface area (Å²) in [5, 5.41) is 34.8. The number of non-ortho nitro benzene ring substituents is 2. The van der Waals surface area contributed by atoms with E-state index in [1.165, 1.54) is 13.1 Å². The third-order valence-corrected chi connectivity index (χ3v) is 2.48. The molecule has 0 aliphatic heterocycles. The number of nitro benzene ring substituents is 2. The lowest BCUT2D eigenvalue weighted by Crippen LogP contribution is -1.94. The predicted molar refractivity (Wildman–Crippen MR) is 63.6 cm³/mol. The Hall–Kier alpha value is -2.97. The third-order valence-electron chi connectivity index (χ3n) is 2.48. The highest BCUT2D eigenvalue weighted by atomic mass is 16.6. The maximum Gasteiger partial charge on any atom is 0.276 e. The summed E-state index contributed by atoms with van der Waals surface area (Å²) in [5.41, 5.74) is -0.410. The van der Waals surface area contributed by atoms with Crippen LogP contribution in [0.25, 0.3) is 11.3 Å². The first-order valence-corrected chi connectivity index (χ1v) is 5.05. The van der Waals surface area contributed by atoms with Gasteiger partial charge in [-0.3, -0.25) is 20.2 Å². The standard InChI is InChI=1S/C10H8N4O5/c1-12-10(15)5-9(11-12)6-2-7(13(16)17)4-8(3-6)14(18)19/h2-5,15H,1H3. The molecule has 0 aliphatic rings. The Bertz CT molecular complexity index is 627. The van der Waals surface area contributed by atoms with Crippen LogP contribution in [-0.2, 0) is 7.05 Å². The zero-order chi connectivity index (χ0) is 14.2. The third kappa shape index (κ3) is 2.34. The van der Waals surface area contributed by atoms with Crippen LogP contribution in [0.15, 0.2) is 24.3 Å². The minimum absolute atomic E-state index is 0.149. The summed E-state index contributed by atoms with van der Waals surface area (Å²) < 4.78 is 1.15. The lowest BCUT2D eigenvalue weighted by molar-refractivity contribution is -0.394. The minimum Gasteiger partial charge on any atom is -0.493 e. The van der Waals surface area contributed by atoms with E-state index in [2.05, 4.69) is 5.10 Å². The fourth-order valence-electron chi connectivity index (χ4n) is 1.55. The maximum absolute atomic E-state index is 10.7. The molecule has 2 aromatic rings. The van der Waals surface area contributed by atoms with Gasteiger partial charge in [0.2, 0.25) is 5.88 Å². The van der Waals surface area contributed by atoms with E-state index in [1.807, 2.05) is 0 Å². The molecule has 1 aromatic carbocycles. The van der Waals surface area contributed by atoms with E-state index < -0.39 is 21.2 Å². The van der Waals surface area contributed by atoms with Gasteiger partial charge in [-0.15, -0.1) is 0 Å². The van der Waals surface area contributed by atoms with Crippen LogP contribution in [0.3, 0.4) is 0 Å². The lowest BCUT2D eigenvalue weighted by atomic mass is 10.1. The van der Waals surface area contributed by atoms with Gasteiger partial charge in [-0.25, -0.2) is 4.68 Å². The molecule has 19 heavy (non-hydrogen) atoms. The largest absolute Gasteiger partial charge is 0.493 e. The van der Waals surface area contributed by atoms with E-state index >= 15 is 0 Å². The molecule has 0 fully saturated rings. The molecule has 0 spiro atoms. The smallest absolute Gasteiger partial charge is 0.276 e. The Morgan fingerprint density at radius 2 is 1.63 bits per heavy atom. The van der Waals surface area contributed by atoms with Crippen molar-refractivity contribution in [3.05, 3.63) is 44.5 Å². The molecule has 9 nitrogen and oxygen atoms in total. The Balaban J connectivity index is 2.62.